The molecule has 1 N–H and O–H groups in total. The minimum absolute atomic E-state index is 0.0922. The molecule has 0 aliphatic carbocycles. The van der Waals surface area contributed by atoms with Gasteiger partial charge < -0.3 is 10.1 Å². The summed E-state index contributed by atoms with van der Waals surface area (Å²) in [6, 6.07) is 16.2. The average Bonchev–Trinajstić information content (AvgIpc) is 3.18. The minimum atomic E-state index is -0.413. The molecule has 7 nitrogen and oxygen atoms in total. The van der Waals surface area contributed by atoms with E-state index < -0.39 is 6.04 Å². The average molecular weight is 376 g/mol. The summed E-state index contributed by atoms with van der Waals surface area (Å²) in [5.41, 5.74) is 2.02. The fraction of sp³-hybridized carbons (Fsp3) is 0.238. The summed E-state index contributed by atoms with van der Waals surface area (Å²) in [5, 5.41) is 11.1. The number of fused-ring (bicyclic) bond motifs is 3. The highest BCUT2D eigenvalue weighted by atomic mass is 16.5. The third-order valence-electron chi connectivity index (χ3n) is 4.64. The third-order valence-corrected chi connectivity index (χ3v) is 4.64. The van der Waals surface area contributed by atoms with Gasteiger partial charge in [0.25, 0.3) is 0 Å². The zero-order chi connectivity index (χ0) is 19.3. The van der Waals surface area contributed by atoms with Gasteiger partial charge in [0.2, 0.25) is 5.91 Å². The Morgan fingerprint density at radius 2 is 1.82 bits per heavy atom. The number of ketones is 1. The number of amides is 1. The first-order chi connectivity index (χ1) is 13.7. The molecule has 1 aromatic heterocycles. The predicted octanol–water partition coefficient (Wildman–Crippen LogP) is 2.69. The van der Waals surface area contributed by atoms with E-state index >= 15 is 0 Å². The van der Waals surface area contributed by atoms with E-state index in [2.05, 4.69) is 15.6 Å². The molecule has 28 heavy (non-hydrogen) atoms. The SMILES string of the molecule is O=C1CCn2cc(nn2)COc2ccccc2C(=O)CC(c2ccccc2)N1. The van der Waals surface area contributed by atoms with Gasteiger partial charge in [-0.3, -0.25) is 14.3 Å². The number of nitrogens with zero attached hydrogens (tertiary/aromatic N) is 3. The van der Waals surface area contributed by atoms with Gasteiger partial charge in [0.1, 0.15) is 18.1 Å². The molecule has 4 rings (SSSR count). The Hall–Kier alpha value is -3.48. The highest BCUT2D eigenvalue weighted by molar-refractivity contribution is 5.99. The van der Waals surface area contributed by atoms with Gasteiger partial charge >= 0.3 is 0 Å². The number of benzene rings is 2. The summed E-state index contributed by atoms with van der Waals surface area (Å²) in [4.78, 5) is 25.5. The molecule has 1 amide bonds. The van der Waals surface area contributed by atoms with E-state index in [-0.39, 0.29) is 31.1 Å². The number of carbonyl (C=O) groups is 2. The Bertz CT molecular complexity index is 984. The molecule has 1 aliphatic rings. The summed E-state index contributed by atoms with van der Waals surface area (Å²) in [5.74, 6) is 0.267. The molecule has 2 aromatic carbocycles. The van der Waals surface area contributed by atoms with Gasteiger partial charge in [0, 0.05) is 12.8 Å². The van der Waals surface area contributed by atoms with E-state index in [0.29, 0.717) is 23.6 Å². The van der Waals surface area contributed by atoms with Crippen molar-refractivity contribution in [3.8, 4) is 5.75 Å². The number of ether oxygens (including phenoxy) is 1. The minimum Gasteiger partial charge on any atom is -0.486 e. The molecule has 142 valence electrons. The van der Waals surface area contributed by atoms with Crippen LogP contribution in [0.5, 0.6) is 5.75 Å². The zero-order valence-corrected chi connectivity index (χ0v) is 15.2. The highest BCUT2D eigenvalue weighted by Crippen LogP contribution is 2.25. The maximum Gasteiger partial charge on any atom is 0.222 e. The van der Waals surface area contributed by atoms with Gasteiger partial charge in [-0.15, -0.1) is 5.10 Å². The summed E-state index contributed by atoms with van der Waals surface area (Å²) in [6.07, 6.45) is 2.15. The number of carbonyl (C=O) groups excluding carboxylic acids is 2. The van der Waals surface area contributed by atoms with Crippen LogP contribution in [0.2, 0.25) is 0 Å². The smallest absolute Gasteiger partial charge is 0.222 e. The summed E-state index contributed by atoms with van der Waals surface area (Å²) < 4.78 is 7.46. The first-order valence-corrected chi connectivity index (χ1v) is 9.17. The van der Waals surface area contributed by atoms with Crippen LogP contribution in [0.3, 0.4) is 0 Å². The predicted molar refractivity (Wildman–Crippen MR) is 102 cm³/mol. The van der Waals surface area contributed by atoms with E-state index in [1.54, 1.807) is 29.1 Å². The lowest BCUT2D eigenvalue weighted by Gasteiger charge is -2.20. The van der Waals surface area contributed by atoms with Crippen LogP contribution >= 0.6 is 0 Å². The number of aromatic nitrogens is 3. The number of rotatable bonds is 1. The molecule has 0 saturated carbocycles. The summed E-state index contributed by atoms with van der Waals surface area (Å²) in [7, 11) is 0. The number of para-hydroxylation sites is 1. The quantitative estimate of drug-likeness (QED) is 0.706. The molecule has 0 radical (unpaired) electrons. The van der Waals surface area contributed by atoms with Crippen LogP contribution in [0, 0.1) is 0 Å². The number of Topliss-reactive ketones (excluding diaryl/α,β-unsaturated/α-hetero) is 1. The fourth-order valence-electron chi connectivity index (χ4n) is 3.20. The Balaban J connectivity index is 1.68. The molecule has 0 saturated heterocycles. The van der Waals surface area contributed by atoms with Gasteiger partial charge in [-0.25, -0.2) is 0 Å². The van der Waals surface area contributed by atoms with Crippen molar-refractivity contribution >= 4 is 11.7 Å². The number of aryl methyl sites for hydroxylation is 1. The molecular weight excluding hydrogens is 356 g/mol. The van der Waals surface area contributed by atoms with E-state index in [9.17, 15) is 9.59 Å². The second-order valence-corrected chi connectivity index (χ2v) is 6.67. The van der Waals surface area contributed by atoms with Crippen molar-refractivity contribution < 1.29 is 14.3 Å². The normalized spacial score (nSPS) is 17.8. The monoisotopic (exact) mass is 376 g/mol. The van der Waals surface area contributed by atoms with Crippen molar-refractivity contribution in [2.75, 3.05) is 0 Å². The molecule has 1 unspecified atom stereocenters. The van der Waals surface area contributed by atoms with Crippen LogP contribution in [0.15, 0.2) is 60.8 Å². The summed E-state index contributed by atoms with van der Waals surface area (Å²) in [6.45, 7) is 0.615. The van der Waals surface area contributed by atoms with Gasteiger partial charge in [-0.1, -0.05) is 47.7 Å². The first kappa shape index (κ1) is 17.9. The third kappa shape index (κ3) is 4.09. The molecule has 7 heteroatoms. The van der Waals surface area contributed by atoms with Crippen molar-refractivity contribution in [3.63, 3.8) is 0 Å². The Labute approximate surface area is 162 Å². The van der Waals surface area contributed by atoms with Crippen LogP contribution < -0.4 is 10.1 Å². The Kier molecular flexibility index (Phi) is 5.14. The maximum atomic E-state index is 13.0. The van der Waals surface area contributed by atoms with E-state index in [0.717, 1.165) is 5.56 Å². The van der Waals surface area contributed by atoms with Crippen LogP contribution in [0.1, 0.15) is 40.5 Å². The molecule has 0 fully saturated rings. The van der Waals surface area contributed by atoms with Gasteiger partial charge in [0.05, 0.1) is 24.3 Å². The second kappa shape index (κ2) is 8.04. The van der Waals surface area contributed by atoms with Crippen molar-refractivity contribution in [2.24, 2.45) is 0 Å². The van der Waals surface area contributed by atoms with E-state index in [1.807, 2.05) is 36.4 Å². The molecule has 2 bridgehead atoms. The lowest BCUT2D eigenvalue weighted by Crippen LogP contribution is -2.31. The van der Waals surface area contributed by atoms with E-state index in [4.69, 9.17) is 4.74 Å². The second-order valence-electron chi connectivity index (χ2n) is 6.67. The zero-order valence-electron chi connectivity index (χ0n) is 15.2. The van der Waals surface area contributed by atoms with Gasteiger partial charge in [-0.2, -0.15) is 0 Å². The molecule has 1 atom stereocenters. The van der Waals surface area contributed by atoms with Crippen LogP contribution in [0.4, 0.5) is 0 Å². The molecule has 0 spiro atoms. The lowest BCUT2D eigenvalue weighted by atomic mass is 9.97. The molecule has 2 heterocycles. The standard InChI is InChI=1S/C21H20N4O3/c26-19-12-18(15-6-2-1-3-7-15)22-21(27)10-11-25-13-16(23-24-25)14-28-20-9-5-4-8-17(19)20/h1-9,13,18H,10-12,14H2,(H,22,27). The maximum absolute atomic E-state index is 13.0. The fourth-order valence-corrected chi connectivity index (χ4v) is 3.20. The summed E-state index contributed by atoms with van der Waals surface area (Å²) >= 11 is 0. The van der Waals surface area contributed by atoms with E-state index in [1.165, 1.54) is 0 Å². The van der Waals surface area contributed by atoms with Crippen molar-refractivity contribution in [1.29, 1.82) is 0 Å². The number of hydrogen-bond acceptors (Lipinski definition) is 5. The Morgan fingerprint density at radius 1 is 1.04 bits per heavy atom. The molecule has 3 aromatic rings. The number of nitrogens with one attached hydrogen (secondary N) is 1. The van der Waals surface area contributed by atoms with Gasteiger partial charge in [-0.05, 0) is 17.7 Å². The van der Waals surface area contributed by atoms with Crippen LogP contribution in [-0.2, 0) is 17.9 Å². The van der Waals surface area contributed by atoms with Gasteiger partial charge in [0.15, 0.2) is 5.78 Å². The van der Waals surface area contributed by atoms with Crippen LogP contribution in [-0.4, -0.2) is 26.7 Å². The largest absolute Gasteiger partial charge is 0.486 e. The topological polar surface area (TPSA) is 86.1 Å². The van der Waals surface area contributed by atoms with Crippen LogP contribution in [0.25, 0.3) is 0 Å². The first-order valence-electron chi connectivity index (χ1n) is 9.17. The van der Waals surface area contributed by atoms with Crippen molar-refractivity contribution in [2.45, 2.75) is 32.0 Å². The Morgan fingerprint density at radius 3 is 2.68 bits per heavy atom. The lowest BCUT2D eigenvalue weighted by molar-refractivity contribution is -0.122. The molecule has 1 aliphatic heterocycles. The molecular formula is C21H20N4O3. The van der Waals surface area contributed by atoms with Crippen molar-refractivity contribution in [1.82, 2.24) is 20.3 Å². The number of hydrogen-bond donors (Lipinski definition) is 1. The highest BCUT2D eigenvalue weighted by Gasteiger charge is 2.22. The van der Waals surface area contributed by atoms with Crippen molar-refractivity contribution in [3.05, 3.63) is 77.6 Å².